The van der Waals surface area contributed by atoms with Crippen LogP contribution in [-0.4, -0.2) is 218 Å². The summed E-state index contributed by atoms with van der Waals surface area (Å²) in [6.45, 7) is 1.45. The summed E-state index contributed by atoms with van der Waals surface area (Å²) in [7, 11) is 1.73. The summed E-state index contributed by atoms with van der Waals surface area (Å²) >= 11 is 0. The lowest BCUT2D eigenvalue weighted by molar-refractivity contribution is -0.142. The summed E-state index contributed by atoms with van der Waals surface area (Å²) in [6, 6.07) is 12.0. The number of para-hydroxylation sites is 1. The lowest BCUT2D eigenvalue weighted by atomic mass is 10.00. The maximum atomic E-state index is 15.3. The van der Waals surface area contributed by atoms with Gasteiger partial charge in [0.15, 0.2) is 0 Å². The monoisotopic (exact) mass is 1510 g/mol. The molecule has 0 bridgehead atoms. The summed E-state index contributed by atoms with van der Waals surface area (Å²) < 4.78 is 0. The third-order valence-electron chi connectivity index (χ3n) is 17.1. The van der Waals surface area contributed by atoms with E-state index >= 15 is 14.4 Å². The fourth-order valence-electron chi connectivity index (χ4n) is 11.3. The zero-order chi connectivity index (χ0) is 77.4. The van der Waals surface area contributed by atoms with Crippen LogP contribution in [0.4, 0.5) is 0 Å². The number of aliphatic carboxylic acids is 1. The number of nitrogens with one attached hydrogen (secondary N) is 12. The van der Waals surface area contributed by atoms with Gasteiger partial charge in [0.1, 0.15) is 66.5 Å². The number of fused-ring (bicyclic) bond motifs is 1. The number of aromatic nitrogens is 1. The molecule has 24 N–H and O–H groups in total. The van der Waals surface area contributed by atoms with Gasteiger partial charge in [-0.1, -0.05) is 131 Å². The van der Waals surface area contributed by atoms with Gasteiger partial charge in [-0.25, -0.2) is 4.79 Å². The molecule has 35 heteroatoms. The normalized spacial score (nSPS) is 24.6. The molecule has 0 saturated carbocycles. The molecule has 106 heavy (non-hydrogen) atoms. The Morgan fingerprint density at radius 1 is 0.443 bits per heavy atom. The van der Waals surface area contributed by atoms with E-state index in [1.807, 2.05) is 0 Å². The molecule has 1 aliphatic heterocycles. The third kappa shape index (κ3) is 27.2. The van der Waals surface area contributed by atoms with Crippen LogP contribution in [0.5, 0.6) is 0 Å². The maximum absolute atomic E-state index is 15.3. The number of primary amides is 1. The fourth-order valence-corrected chi connectivity index (χ4v) is 13.6. The zero-order valence-corrected chi connectivity index (χ0v) is 60.3. The first-order valence-electron chi connectivity index (χ1n) is 34.6. The Balaban J connectivity index is 1.43. The van der Waals surface area contributed by atoms with Crippen molar-refractivity contribution in [2.75, 3.05) is 31.2 Å². The molecule has 0 radical (unpaired) electrons. The molecule has 6 rings (SSSR count). The van der Waals surface area contributed by atoms with Crippen molar-refractivity contribution in [1.82, 2.24) is 63.5 Å². The number of amides is 12. The second kappa shape index (κ2) is 43.4. The Morgan fingerprint density at radius 3 is 1.25 bits per heavy atom. The number of aliphatic hydroxyl groups is 3. The van der Waals surface area contributed by atoms with Gasteiger partial charge in [-0.15, -0.1) is 0 Å². The molecule has 5 aromatic rings. The molecule has 0 unspecified atom stereocenters. The molecule has 1 aliphatic rings. The van der Waals surface area contributed by atoms with E-state index in [0.717, 1.165) is 35.4 Å². The lowest BCUT2D eigenvalue weighted by Crippen LogP contribution is -2.63. The lowest BCUT2D eigenvalue weighted by Gasteiger charge is -2.29. The molecule has 14 atom stereocenters. The quantitative estimate of drug-likeness (QED) is 0.0236. The SMILES string of the molecule is C[C@@H](O)[C@@H]1NC(=O)[C@H](Cc2ccccc2)NC(=O)[C@H]([C@@H](C)O)NC(=O)[C@H](CCCCN)NC(=O)[C@H](Cc2c[nH]c3ccccc23)NC(=O)[C@H](Cc2ccccc2)NC(=O)[C@H](Cc2ccccc2)NC(=O)[C@H](CC(N)=O)NC(=O)[C@H](CCCCN)NC(=O)[C@@H](N)CSSC[C@@H](C(=O)O)NC(=O)[C@H](CO)NC1=O. The first-order valence-corrected chi connectivity index (χ1v) is 37.1. The summed E-state index contributed by atoms with van der Waals surface area (Å²) in [5, 5.41) is 71.1. The molecule has 2 heterocycles. The first kappa shape index (κ1) is 84.9. The second-order valence-electron chi connectivity index (χ2n) is 25.6. The number of nitrogens with two attached hydrogens (primary N) is 4. The second-order valence-corrected chi connectivity index (χ2v) is 28.1. The van der Waals surface area contributed by atoms with Crippen molar-refractivity contribution in [2.24, 2.45) is 22.9 Å². The predicted molar refractivity (Wildman–Crippen MR) is 394 cm³/mol. The van der Waals surface area contributed by atoms with E-state index in [1.165, 1.54) is 0 Å². The van der Waals surface area contributed by atoms with E-state index in [2.05, 4.69) is 63.5 Å². The number of carbonyl (C=O) groups excluding carboxylic acids is 12. The molecule has 33 nitrogen and oxygen atoms in total. The molecule has 4 aromatic carbocycles. The van der Waals surface area contributed by atoms with E-state index < -0.39 is 180 Å². The van der Waals surface area contributed by atoms with Gasteiger partial charge in [-0.2, -0.15) is 0 Å². The predicted octanol–water partition coefficient (Wildman–Crippen LogP) is -3.53. The van der Waals surface area contributed by atoms with Gasteiger partial charge >= 0.3 is 5.97 Å². The Labute approximate surface area is 619 Å². The van der Waals surface area contributed by atoms with Crippen molar-refractivity contribution in [3.05, 3.63) is 144 Å². The number of hydrogen-bond donors (Lipinski definition) is 20. The van der Waals surface area contributed by atoms with Crippen molar-refractivity contribution < 1.29 is 82.8 Å². The van der Waals surface area contributed by atoms with Crippen molar-refractivity contribution in [3.63, 3.8) is 0 Å². The van der Waals surface area contributed by atoms with Crippen LogP contribution in [0.15, 0.2) is 121 Å². The highest BCUT2D eigenvalue weighted by molar-refractivity contribution is 8.76. The van der Waals surface area contributed by atoms with Crippen LogP contribution in [0, 0.1) is 0 Å². The highest BCUT2D eigenvalue weighted by atomic mass is 33.1. The molecule has 1 saturated heterocycles. The van der Waals surface area contributed by atoms with E-state index in [0.29, 0.717) is 46.0 Å². The minimum atomic E-state index is -1.93. The highest BCUT2D eigenvalue weighted by Gasteiger charge is 2.39. The van der Waals surface area contributed by atoms with E-state index in [9.17, 15) is 68.4 Å². The number of aliphatic hydroxyl groups excluding tert-OH is 3. The van der Waals surface area contributed by atoms with Gasteiger partial charge in [0.05, 0.1) is 31.3 Å². The van der Waals surface area contributed by atoms with Gasteiger partial charge in [0, 0.05) is 54.3 Å². The molecule has 0 aliphatic carbocycles. The van der Waals surface area contributed by atoms with Crippen LogP contribution >= 0.6 is 21.6 Å². The van der Waals surface area contributed by atoms with Crippen LogP contribution in [0.1, 0.15) is 81.0 Å². The summed E-state index contributed by atoms with van der Waals surface area (Å²) in [4.78, 5) is 188. The summed E-state index contributed by atoms with van der Waals surface area (Å²) in [5.41, 5.74) is 26.3. The fraction of sp³-hybridized carbons (Fsp3) is 0.451. The maximum Gasteiger partial charge on any atom is 0.327 e. The van der Waals surface area contributed by atoms with Gasteiger partial charge in [0.25, 0.3) is 0 Å². The molecule has 0 spiro atoms. The minimum Gasteiger partial charge on any atom is -0.480 e. The van der Waals surface area contributed by atoms with Gasteiger partial charge in [0.2, 0.25) is 70.9 Å². The average Bonchev–Trinajstić information content (AvgIpc) is 1.76. The van der Waals surface area contributed by atoms with Crippen LogP contribution in [0.3, 0.4) is 0 Å². The Hall–Kier alpha value is -10.0. The van der Waals surface area contributed by atoms with Gasteiger partial charge in [-0.05, 0) is 93.8 Å². The minimum absolute atomic E-state index is 0.0734. The molecule has 12 amide bonds. The molecule has 1 aromatic heterocycles. The average molecular weight is 1510 g/mol. The molecule has 1 fully saturated rings. The molecular formula is C71H96N16O17S2. The number of carbonyl (C=O) groups is 13. The summed E-state index contributed by atoms with van der Waals surface area (Å²) in [6.07, 6.45) is -2.78. The Bertz CT molecular complexity index is 3790. The van der Waals surface area contributed by atoms with Crippen molar-refractivity contribution in [1.29, 1.82) is 0 Å². The van der Waals surface area contributed by atoms with Gasteiger partial charge < -0.3 is 107 Å². The summed E-state index contributed by atoms with van der Waals surface area (Å²) in [5.74, 6) is -14.9. The Morgan fingerprint density at radius 2 is 0.802 bits per heavy atom. The number of carboxylic acid groups (broad SMARTS) is 1. The number of carboxylic acids is 1. The zero-order valence-electron chi connectivity index (χ0n) is 58.7. The smallest absolute Gasteiger partial charge is 0.327 e. The van der Waals surface area contributed by atoms with Crippen LogP contribution in [0.2, 0.25) is 0 Å². The highest BCUT2D eigenvalue weighted by Crippen LogP contribution is 2.24. The standard InChI is InChI=1S/C71H96N16O17S2/c1-39(89)58-69(101)83-52(32-43-22-10-5-11-23-43)67(99)87-59(40(2)90)70(102)84-55(36-88)68(100)85-56(71(103)104)38-106-105-37-46(74)60(92)77-48(26-14-16-28-72)61(93)82-54(34-57(75)91)66(98)80-50(30-41-18-6-3-7-19-41)63(95)79-51(31-42-20-8-4-9-21-42)64(96)81-53(33-44-35-76-47-25-13-12-24-45(44)47)65(97)78-49(62(94)86-58)27-15-17-29-73/h3-13,18-25,35,39-40,46,48-56,58-59,76,88-90H,14-17,26-34,36-38,72-74H2,1-2H3,(H2,75,91)(H,77,92)(H,78,97)(H,79,95)(H,80,98)(H,81,96)(H,82,93)(H,83,101)(H,84,102)(H,85,100)(H,86,94)(H,87,99)(H,103,104)/t39-,40-,46+,48+,49+,50+,51+,52+,53+,54+,55+,56+,58+,59+/m1/s1. The number of unbranched alkanes of at least 4 members (excludes halogenated alkanes) is 2. The van der Waals surface area contributed by atoms with Crippen LogP contribution in [-0.2, 0) is 88.0 Å². The van der Waals surface area contributed by atoms with Crippen LogP contribution in [0.25, 0.3) is 10.9 Å². The third-order valence-corrected chi connectivity index (χ3v) is 19.6. The van der Waals surface area contributed by atoms with Crippen molar-refractivity contribution >= 4 is 109 Å². The first-order chi connectivity index (χ1) is 50.7. The topological polar surface area (TPSA) is 555 Å². The number of hydrogen-bond acceptors (Lipinski definition) is 21. The number of benzene rings is 4. The van der Waals surface area contributed by atoms with Crippen molar-refractivity contribution in [3.8, 4) is 0 Å². The van der Waals surface area contributed by atoms with E-state index in [-0.39, 0.29) is 70.2 Å². The van der Waals surface area contributed by atoms with Gasteiger partial charge in [-0.3, -0.25) is 57.5 Å². The number of H-pyrrole nitrogens is 1. The van der Waals surface area contributed by atoms with Crippen LogP contribution < -0.4 is 81.4 Å². The van der Waals surface area contributed by atoms with E-state index in [4.69, 9.17) is 22.9 Å². The number of aromatic amines is 1. The van der Waals surface area contributed by atoms with E-state index in [1.54, 1.807) is 121 Å². The molecular weight excluding hydrogens is 1410 g/mol. The Kier molecular flexibility index (Phi) is 34.8. The molecule has 574 valence electrons. The largest absolute Gasteiger partial charge is 0.480 e. The van der Waals surface area contributed by atoms with Crippen molar-refractivity contribution in [2.45, 2.75) is 169 Å². The number of rotatable bonds is 22.